The third kappa shape index (κ3) is 8.84. The van der Waals surface area contributed by atoms with E-state index in [0.717, 1.165) is 55.8 Å². The van der Waals surface area contributed by atoms with Gasteiger partial charge in [-0.05, 0) is 56.2 Å². The summed E-state index contributed by atoms with van der Waals surface area (Å²) in [5.41, 5.74) is 1.72. The maximum atomic E-state index is 15.2. The lowest BCUT2D eigenvalue weighted by molar-refractivity contribution is -0.232. The first-order valence-electron chi connectivity index (χ1n) is 17.6. The average molecular weight is 767 g/mol. The molecule has 1 aromatic heterocycles. The van der Waals surface area contributed by atoms with Crippen molar-refractivity contribution >= 4 is 35.4 Å². The Morgan fingerprint density at radius 3 is 2.27 bits per heavy atom. The lowest BCUT2D eigenvalue weighted by Gasteiger charge is -2.34. The molecule has 6 rings (SSSR count). The normalized spacial score (nSPS) is 15.1. The number of benzene rings is 3. The highest BCUT2D eigenvalue weighted by Gasteiger charge is 2.44. The molecule has 0 spiro atoms. The number of fused-ring (bicyclic) bond motifs is 1. The lowest BCUT2D eigenvalue weighted by Crippen LogP contribution is -2.47. The number of piperazine rings is 1. The number of para-hydroxylation sites is 1. The van der Waals surface area contributed by atoms with Crippen molar-refractivity contribution in [2.24, 2.45) is 0 Å². The van der Waals surface area contributed by atoms with Crippen molar-refractivity contribution in [3.05, 3.63) is 101 Å². The minimum Gasteiger partial charge on any atom is -0.353 e. The maximum absolute atomic E-state index is 15.2. The summed E-state index contributed by atoms with van der Waals surface area (Å²) in [5, 5.41) is 6.12. The van der Waals surface area contributed by atoms with Crippen molar-refractivity contribution in [2.45, 2.75) is 46.1 Å². The van der Waals surface area contributed by atoms with Gasteiger partial charge in [0.15, 0.2) is 5.82 Å². The molecule has 0 atom stereocenters. The van der Waals surface area contributed by atoms with Gasteiger partial charge < -0.3 is 15.5 Å². The van der Waals surface area contributed by atoms with Crippen LogP contribution in [0.15, 0.2) is 66.7 Å². The van der Waals surface area contributed by atoms with Crippen LogP contribution in [0.3, 0.4) is 0 Å². The molecule has 0 bridgehead atoms. The van der Waals surface area contributed by atoms with Crippen molar-refractivity contribution in [3.63, 3.8) is 0 Å². The monoisotopic (exact) mass is 766 g/mol. The van der Waals surface area contributed by atoms with Crippen LogP contribution in [0.1, 0.15) is 40.9 Å². The summed E-state index contributed by atoms with van der Waals surface area (Å²) in [5.74, 6) is -5.74. The number of urea groups is 1. The summed E-state index contributed by atoms with van der Waals surface area (Å²) in [6.07, 6.45) is -5.35. The topological polar surface area (TPSA) is 123 Å². The number of carbonyl (C=O) groups is 3. The van der Waals surface area contributed by atoms with Crippen LogP contribution in [-0.4, -0.2) is 94.2 Å². The molecule has 17 heteroatoms. The van der Waals surface area contributed by atoms with Gasteiger partial charge in [-0.2, -0.15) is 23.2 Å². The molecule has 1 saturated heterocycles. The first-order chi connectivity index (χ1) is 26.2. The number of carbonyl (C=O) groups excluding carboxylic acids is 3. The Morgan fingerprint density at radius 2 is 1.62 bits per heavy atom. The van der Waals surface area contributed by atoms with Crippen LogP contribution in [0.5, 0.6) is 0 Å². The molecule has 4 aromatic rings. The standard InChI is InChI=1S/C38H39F5N8O4/c1-23(2)51(55-35(53)38(41,42)43)34(52)26-13-12-24(3)27(20-26)31-28-21-45-37(54)50(32-29(39)10-7-11-30(32)40)33(28)47-36(46-31)44-14-15-48-16-18-49(19-17-48)22-25-8-5-4-6-9-25/h4-13,20,23H,14-19,21-22H2,1-3H3,(H,45,54)(H,44,46,47). The number of hydroxylamine groups is 2. The van der Waals surface area contributed by atoms with Crippen LogP contribution in [0.25, 0.3) is 11.3 Å². The Kier molecular flexibility index (Phi) is 11.6. The first-order valence-corrected chi connectivity index (χ1v) is 17.6. The molecule has 3 aromatic carbocycles. The fourth-order valence-corrected chi connectivity index (χ4v) is 6.37. The van der Waals surface area contributed by atoms with Gasteiger partial charge in [0.05, 0.1) is 18.3 Å². The van der Waals surface area contributed by atoms with Gasteiger partial charge in [0.2, 0.25) is 5.95 Å². The van der Waals surface area contributed by atoms with Crippen LogP contribution >= 0.6 is 0 Å². The van der Waals surface area contributed by atoms with Crippen molar-refractivity contribution in [1.29, 1.82) is 0 Å². The van der Waals surface area contributed by atoms with E-state index in [4.69, 9.17) is 4.98 Å². The zero-order valence-corrected chi connectivity index (χ0v) is 30.3. The second kappa shape index (κ2) is 16.4. The van der Waals surface area contributed by atoms with Crippen LogP contribution in [0, 0.1) is 18.6 Å². The minimum atomic E-state index is -5.35. The molecule has 55 heavy (non-hydrogen) atoms. The van der Waals surface area contributed by atoms with E-state index in [0.29, 0.717) is 29.3 Å². The number of nitrogens with zero attached hydrogens (tertiary/aromatic N) is 6. The summed E-state index contributed by atoms with van der Waals surface area (Å²) < 4.78 is 69.7. The quantitative estimate of drug-likeness (QED) is 0.144. The molecule has 0 saturated carbocycles. The van der Waals surface area contributed by atoms with Gasteiger partial charge in [-0.25, -0.2) is 28.3 Å². The smallest absolute Gasteiger partial charge is 0.353 e. The van der Waals surface area contributed by atoms with E-state index in [1.807, 2.05) is 18.2 Å². The van der Waals surface area contributed by atoms with E-state index in [-0.39, 0.29) is 35.1 Å². The number of anilines is 3. The third-order valence-electron chi connectivity index (χ3n) is 9.22. The molecular weight excluding hydrogens is 727 g/mol. The molecule has 290 valence electrons. The summed E-state index contributed by atoms with van der Waals surface area (Å²) in [6.45, 7) is 9.46. The fraction of sp³-hybridized carbons (Fsp3) is 0.342. The number of rotatable bonds is 10. The van der Waals surface area contributed by atoms with Gasteiger partial charge in [0.1, 0.15) is 17.3 Å². The zero-order valence-electron chi connectivity index (χ0n) is 30.3. The SMILES string of the molecule is Cc1ccc(C(=O)N(OC(=O)C(F)(F)F)C(C)C)cc1-c1nc(NCCN2CCN(Cc3ccccc3)CC2)nc2c1CNC(=O)N2c1c(F)cccc1F. The average Bonchev–Trinajstić information content (AvgIpc) is 3.14. The molecule has 1 fully saturated rings. The van der Waals surface area contributed by atoms with Gasteiger partial charge >= 0.3 is 18.2 Å². The molecule has 12 nitrogen and oxygen atoms in total. The van der Waals surface area contributed by atoms with Gasteiger partial charge in [-0.1, -0.05) is 42.5 Å². The van der Waals surface area contributed by atoms with Gasteiger partial charge in [0, 0.05) is 62.5 Å². The molecule has 0 unspecified atom stereocenters. The van der Waals surface area contributed by atoms with E-state index in [1.165, 1.54) is 37.6 Å². The maximum Gasteiger partial charge on any atom is 0.493 e. The summed E-state index contributed by atoms with van der Waals surface area (Å²) in [6, 6.07) is 15.8. The van der Waals surface area contributed by atoms with Crippen molar-refractivity contribution in [3.8, 4) is 11.3 Å². The zero-order chi connectivity index (χ0) is 39.4. The number of hydrogen-bond acceptors (Lipinski definition) is 9. The highest BCUT2D eigenvalue weighted by molar-refractivity contribution is 6.02. The number of amides is 3. The predicted molar refractivity (Wildman–Crippen MR) is 193 cm³/mol. The molecule has 2 N–H and O–H groups in total. The fourth-order valence-electron chi connectivity index (χ4n) is 6.37. The summed E-state index contributed by atoms with van der Waals surface area (Å²) >= 11 is 0. The first kappa shape index (κ1) is 39.0. The number of alkyl halides is 3. The van der Waals surface area contributed by atoms with Crippen LogP contribution in [0.2, 0.25) is 0 Å². The second-order valence-corrected chi connectivity index (χ2v) is 13.4. The Morgan fingerprint density at radius 1 is 0.945 bits per heavy atom. The molecule has 2 aliphatic rings. The number of halogens is 5. The Bertz CT molecular complexity index is 2040. The van der Waals surface area contributed by atoms with Crippen molar-refractivity contribution in [1.82, 2.24) is 30.1 Å². The predicted octanol–water partition coefficient (Wildman–Crippen LogP) is 6.19. The Hall–Kier alpha value is -5.68. The molecule has 3 heterocycles. The van der Waals surface area contributed by atoms with E-state index in [2.05, 4.69) is 42.4 Å². The van der Waals surface area contributed by atoms with Gasteiger partial charge in [-0.15, -0.1) is 0 Å². The highest BCUT2D eigenvalue weighted by atomic mass is 19.4. The molecule has 0 radical (unpaired) electrons. The Labute approximate surface area is 313 Å². The number of nitrogens with one attached hydrogen (secondary N) is 2. The van der Waals surface area contributed by atoms with E-state index in [9.17, 15) is 27.6 Å². The minimum absolute atomic E-state index is 0.0203. The molecule has 2 aliphatic heterocycles. The van der Waals surface area contributed by atoms with E-state index >= 15 is 8.78 Å². The highest BCUT2D eigenvalue weighted by Crippen LogP contribution is 2.39. The van der Waals surface area contributed by atoms with Gasteiger partial charge in [-0.3, -0.25) is 14.6 Å². The van der Waals surface area contributed by atoms with Crippen molar-refractivity contribution in [2.75, 3.05) is 49.5 Å². The lowest BCUT2D eigenvalue weighted by atomic mass is 9.97. The second-order valence-electron chi connectivity index (χ2n) is 13.4. The van der Waals surface area contributed by atoms with Crippen LogP contribution in [0.4, 0.5) is 44.2 Å². The number of hydrogen-bond donors (Lipinski definition) is 2. The van der Waals surface area contributed by atoms with Gasteiger partial charge in [0.25, 0.3) is 5.91 Å². The third-order valence-corrected chi connectivity index (χ3v) is 9.22. The number of aromatic nitrogens is 2. The number of aryl methyl sites for hydroxylation is 1. The van der Waals surface area contributed by atoms with Crippen molar-refractivity contribution < 1.29 is 41.2 Å². The summed E-state index contributed by atoms with van der Waals surface area (Å²) in [7, 11) is 0. The molecule has 0 aliphatic carbocycles. The largest absolute Gasteiger partial charge is 0.493 e. The summed E-state index contributed by atoms with van der Waals surface area (Å²) in [4.78, 5) is 57.7. The van der Waals surface area contributed by atoms with Crippen LogP contribution in [-0.2, 0) is 22.7 Å². The Balaban J connectivity index is 1.32. The van der Waals surface area contributed by atoms with Crippen LogP contribution < -0.4 is 15.5 Å². The van der Waals surface area contributed by atoms with E-state index in [1.54, 1.807) is 6.92 Å². The molecular formula is C38H39F5N8O4. The van der Waals surface area contributed by atoms with E-state index < -0.39 is 47.4 Å². The molecule has 3 amide bonds.